The second-order valence-corrected chi connectivity index (χ2v) is 14.2. The first-order valence-corrected chi connectivity index (χ1v) is 18.8. The third kappa shape index (κ3) is 7.08. The van der Waals surface area contributed by atoms with E-state index in [9.17, 15) is 0 Å². The van der Waals surface area contributed by atoms with Crippen molar-refractivity contribution in [2.75, 3.05) is 0 Å². The summed E-state index contributed by atoms with van der Waals surface area (Å²) in [6, 6.07) is 34.9. The summed E-state index contributed by atoms with van der Waals surface area (Å²) in [4.78, 5) is 4.84. The summed E-state index contributed by atoms with van der Waals surface area (Å²) < 4.78 is 11.1. The number of pyridine rings is 1. The summed E-state index contributed by atoms with van der Waals surface area (Å²) in [5, 5.41) is 7.49. The molecular formula is C46H50N4O. The average Bonchev–Trinajstić information content (AvgIpc) is 3.62. The molecule has 1 atom stereocenters. The molecule has 260 valence electrons. The van der Waals surface area contributed by atoms with Gasteiger partial charge in [-0.05, 0) is 117 Å². The van der Waals surface area contributed by atoms with Crippen molar-refractivity contribution in [3.8, 4) is 34.1 Å². The maximum atomic E-state index is 6.78. The first-order valence-electron chi connectivity index (χ1n) is 18.8. The van der Waals surface area contributed by atoms with E-state index in [4.69, 9.17) is 14.8 Å². The predicted molar refractivity (Wildman–Crippen MR) is 213 cm³/mol. The zero-order valence-electron chi connectivity index (χ0n) is 31.0. The lowest BCUT2D eigenvalue weighted by molar-refractivity contribution is 0.482. The Morgan fingerprint density at radius 1 is 0.725 bits per heavy atom. The molecule has 0 saturated carbocycles. The maximum Gasteiger partial charge on any atom is 0.137 e. The van der Waals surface area contributed by atoms with E-state index in [0.717, 1.165) is 64.7 Å². The summed E-state index contributed by atoms with van der Waals surface area (Å²) in [5.74, 6) is 3.04. The number of hydrogen-bond donors (Lipinski definition) is 0. The van der Waals surface area contributed by atoms with Crippen molar-refractivity contribution in [2.45, 2.75) is 92.4 Å². The third-order valence-corrected chi connectivity index (χ3v) is 10.3. The Labute approximate surface area is 302 Å². The van der Waals surface area contributed by atoms with Crippen LogP contribution < -0.4 is 4.74 Å². The number of aryl methyl sites for hydroxylation is 3. The van der Waals surface area contributed by atoms with E-state index < -0.39 is 0 Å². The van der Waals surface area contributed by atoms with Crippen molar-refractivity contribution in [3.63, 3.8) is 0 Å². The Bertz CT molecular complexity index is 2290. The molecule has 7 aromatic rings. The zero-order chi connectivity index (χ0) is 35.5. The van der Waals surface area contributed by atoms with Crippen LogP contribution in [0, 0.1) is 20.8 Å². The van der Waals surface area contributed by atoms with E-state index in [-0.39, 0.29) is 0 Å². The van der Waals surface area contributed by atoms with Gasteiger partial charge in [-0.25, -0.2) is 9.67 Å². The number of rotatable bonds is 13. The van der Waals surface area contributed by atoms with Gasteiger partial charge >= 0.3 is 0 Å². The summed E-state index contributed by atoms with van der Waals surface area (Å²) in [6.07, 6.45) is 10.1. The Morgan fingerprint density at radius 2 is 1.55 bits per heavy atom. The fourth-order valence-corrected chi connectivity index (χ4v) is 7.55. The second kappa shape index (κ2) is 15.0. The highest BCUT2D eigenvalue weighted by molar-refractivity contribution is 6.09. The highest BCUT2D eigenvalue weighted by Crippen LogP contribution is 2.38. The molecule has 0 aliphatic carbocycles. The summed E-state index contributed by atoms with van der Waals surface area (Å²) in [6.45, 7) is 13.2. The third-order valence-electron chi connectivity index (χ3n) is 10.3. The molecule has 0 fully saturated rings. The van der Waals surface area contributed by atoms with Gasteiger partial charge in [0.2, 0.25) is 0 Å². The van der Waals surface area contributed by atoms with E-state index in [2.05, 4.69) is 148 Å². The fourth-order valence-electron chi connectivity index (χ4n) is 7.55. The number of unbranched alkanes of at least 4 members (excludes halogenated alkanes) is 3. The van der Waals surface area contributed by atoms with Gasteiger partial charge < -0.3 is 4.74 Å². The number of aromatic nitrogens is 4. The van der Waals surface area contributed by atoms with Crippen LogP contribution >= 0.6 is 0 Å². The summed E-state index contributed by atoms with van der Waals surface area (Å²) in [5.41, 5.74) is 11.6. The van der Waals surface area contributed by atoms with Crippen LogP contribution in [-0.2, 0) is 6.42 Å². The van der Waals surface area contributed by atoms with Crippen LogP contribution in [0.5, 0.6) is 11.5 Å². The first-order chi connectivity index (χ1) is 24.8. The van der Waals surface area contributed by atoms with E-state index in [1.165, 1.54) is 64.3 Å². The summed E-state index contributed by atoms with van der Waals surface area (Å²) in [7, 11) is 0. The molecule has 1 unspecified atom stereocenters. The molecule has 4 aromatic carbocycles. The first kappa shape index (κ1) is 34.3. The molecule has 0 amide bonds. The van der Waals surface area contributed by atoms with Gasteiger partial charge in [-0.1, -0.05) is 82.9 Å². The van der Waals surface area contributed by atoms with E-state index in [1.807, 2.05) is 6.20 Å². The minimum Gasteiger partial charge on any atom is -0.457 e. The van der Waals surface area contributed by atoms with E-state index in [1.54, 1.807) is 0 Å². The number of fused-ring (bicyclic) bond motifs is 3. The lowest BCUT2D eigenvalue weighted by Crippen LogP contribution is -2.02. The maximum absolute atomic E-state index is 6.78. The zero-order valence-corrected chi connectivity index (χ0v) is 31.0. The number of hydrogen-bond acceptors (Lipinski definition) is 3. The van der Waals surface area contributed by atoms with Gasteiger partial charge in [-0.2, -0.15) is 5.10 Å². The van der Waals surface area contributed by atoms with Crippen molar-refractivity contribution < 1.29 is 4.74 Å². The second-order valence-electron chi connectivity index (χ2n) is 14.2. The van der Waals surface area contributed by atoms with Crippen LogP contribution in [0.3, 0.4) is 0 Å². The Morgan fingerprint density at radius 3 is 2.33 bits per heavy atom. The smallest absolute Gasteiger partial charge is 0.137 e. The van der Waals surface area contributed by atoms with Crippen molar-refractivity contribution in [3.05, 3.63) is 131 Å². The molecular weight excluding hydrogens is 625 g/mol. The van der Waals surface area contributed by atoms with Crippen LogP contribution in [0.25, 0.3) is 44.4 Å². The molecule has 7 rings (SSSR count). The van der Waals surface area contributed by atoms with Crippen LogP contribution in [-0.4, -0.2) is 19.3 Å². The van der Waals surface area contributed by atoms with Gasteiger partial charge in [0.05, 0.1) is 22.4 Å². The van der Waals surface area contributed by atoms with Gasteiger partial charge in [-0.15, -0.1) is 0 Å². The molecule has 5 nitrogen and oxygen atoms in total. The fraction of sp³-hybridized carbons (Fsp3) is 0.304. The van der Waals surface area contributed by atoms with Gasteiger partial charge in [0.25, 0.3) is 0 Å². The summed E-state index contributed by atoms with van der Waals surface area (Å²) >= 11 is 0. The van der Waals surface area contributed by atoms with Gasteiger partial charge in [0.1, 0.15) is 17.3 Å². The quantitative estimate of drug-likeness (QED) is 0.114. The van der Waals surface area contributed by atoms with Crippen molar-refractivity contribution in [1.29, 1.82) is 0 Å². The van der Waals surface area contributed by atoms with Gasteiger partial charge in [0, 0.05) is 40.4 Å². The van der Waals surface area contributed by atoms with Crippen LogP contribution in [0.4, 0.5) is 0 Å². The highest BCUT2D eigenvalue weighted by Gasteiger charge is 2.19. The van der Waals surface area contributed by atoms with Crippen molar-refractivity contribution >= 4 is 21.8 Å². The molecule has 3 aromatic heterocycles. The van der Waals surface area contributed by atoms with Crippen LogP contribution in [0.2, 0.25) is 0 Å². The lowest BCUT2D eigenvalue weighted by Gasteiger charge is -2.13. The Balaban J connectivity index is 1.31. The lowest BCUT2D eigenvalue weighted by atomic mass is 9.94. The SMILES string of the molecule is CCCCCC(C)c1ccc2c(c1)c1ccc(Oc3cc(CCCC)cc(-n4nc(C)c(-c5ccccc5)c4C)c3)cc1n2-c1cc(C)ccn1. The molecule has 0 radical (unpaired) electrons. The van der Waals surface area contributed by atoms with Gasteiger partial charge in [0.15, 0.2) is 0 Å². The van der Waals surface area contributed by atoms with E-state index >= 15 is 0 Å². The molecule has 0 bridgehead atoms. The van der Waals surface area contributed by atoms with E-state index in [0.29, 0.717) is 5.92 Å². The monoisotopic (exact) mass is 674 g/mol. The molecule has 0 aliphatic heterocycles. The molecule has 3 heterocycles. The Hall–Kier alpha value is -5.16. The minimum absolute atomic E-state index is 0.513. The highest BCUT2D eigenvalue weighted by atomic mass is 16.5. The number of benzene rings is 4. The number of ether oxygens (including phenoxy) is 1. The molecule has 0 saturated heterocycles. The molecule has 51 heavy (non-hydrogen) atoms. The molecule has 0 aliphatic rings. The average molecular weight is 675 g/mol. The normalized spacial score (nSPS) is 12.2. The topological polar surface area (TPSA) is 44.9 Å². The van der Waals surface area contributed by atoms with Crippen molar-refractivity contribution in [2.24, 2.45) is 0 Å². The largest absolute Gasteiger partial charge is 0.457 e. The van der Waals surface area contributed by atoms with Crippen molar-refractivity contribution in [1.82, 2.24) is 19.3 Å². The van der Waals surface area contributed by atoms with Crippen LogP contribution in [0.15, 0.2) is 103 Å². The molecule has 0 spiro atoms. The number of nitrogens with zero attached hydrogens (tertiary/aromatic N) is 4. The Kier molecular flexibility index (Phi) is 10.1. The van der Waals surface area contributed by atoms with Crippen LogP contribution in [0.1, 0.15) is 93.3 Å². The minimum atomic E-state index is 0.513. The molecule has 0 N–H and O–H groups in total. The standard InChI is InChI=1S/C46H50N4O/c1-7-9-12-15-32(4)37-19-22-43-42(28-37)41-21-20-39(30-44(41)49(43)45-25-31(3)23-24-47-45)51-40-27-35(16-10-8-2)26-38(29-40)50-34(6)46(33(5)48-50)36-17-13-11-14-18-36/h11,13-14,17-30,32H,7-10,12,15-16H2,1-6H3. The van der Waals surface area contributed by atoms with Gasteiger partial charge in [-0.3, -0.25) is 4.57 Å². The molecule has 5 heteroatoms. The predicted octanol–water partition coefficient (Wildman–Crippen LogP) is 12.8.